The standard InChI is InChI=1S/C22H21ClN4O3S/c1-13-18(20(28)30-3)19(15-9-5-7-11-17(15)29-2)27-21(24-13)25-22(26-27)31-12-14-8-4-6-10-16(14)23/h4-11,19H,12H2,1-3H3,(H,24,25,26). The zero-order valence-electron chi connectivity index (χ0n) is 17.3. The molecular formula is C22H21ClN4O3S. The third kappa shape index (κ3) is 4.13. The summed E-state index contributed by atoms with van der Waals surface area (Å²) in [5, 5.41) is 9.15. The average molecular weight is 457 g/mol. The number of anilines is 1. The van der Waals surface area contributed by atoms with Crippen LogP contribution >= 0.6 is 23.4 Å². The maximum absolute atomic E-state index is 12.7. The molecule has 0 amide bonds. The van der Waals surface area contributed by atoms with E-state index in [1.54, 1.807) is 11.8 Å². The van der Waals surface area contributed by atoms with Crippen molar-refractivity contribution in [1.82, 2.24) is 14.8 Å². The van der Waals surface area contributed by atoms with Gasteiger partial charge >= 0.3 is 5.97 Å². The molecule has 0 saturated heterocycles. The molecule has 4 rings (SSSR count). The van der Waals surface area contributed by atoms with E-state index in [0.29, 0.717) is 38.9 Å². The predicted molar refractivity (Wildman–Crippen MR) is 121 cm³/mol. The minimum atomic E-state index is -0.540. The normalized spacial score (nSPS) is 15.3. The molecule has 0 spiro atoms. The van der Waals surface area contributed by atoms with Crippen LogP contribution in [0.1, 0.15) is 24.1 Å². The number of para-hydroxylation sites is 1. The van der Waals surface area contributed by atoms with Gasteiger partial charge in [0.25, 0.3) is 0 Å². The minimum absolute atomic E-state index is 0.438. The van der Waals surface area contributed by atoms with Gasteiger partial charge in [-0.1, -0.05) is 59.8 Å². The highest BCUT2D eigenvalue weighted by Crippen LogP contribution is 2.40. The second kappa shape index (κ2) is 9.03. The molecule has 2 heterocycles. The number of benzene rings is 2. The Bertz CT molecular complexity index is 1160. The Hall–Kier alpha value is -2.97. The van der Waals surface area contributed by atoms with E-state index >= 15 is 0 Å². The molecule has 1 aliphatic heterocycles. The molecule has 0 bridgehead atoms. The van der Waals surface area contributed by atoms with Gasteiger partial charge in [0.1, 0.15) is 11.8 Å². The van der Waals surface area contributed by atoms with Crippen molar-refractivity contribution in [2.75, 3.05) is 19.5 Å². The van der Waals surface area contributed by atoms with Crippen molar-refractivity contribution in [2.24, 2.45) is 0 Å². The molecule has 0 saturated carbocycles. The first-order valence-corrected chi connectivity index (χ1v) is 10.9. The van der Waals surface area contributed by atoms with Crippen LogP contribution in [0.4, 0.5) is 5.95 Å². The smallest absolute Gasteiger partial charge is 0.338 e. The van der Waals surface area contributed by atoms with Crippen LogP contribution < -0.4 is 10.1 Å². The van der Waals surface area contributed by atoms with E-state index in [9.17, 15) is 4.79 Å². The van der Waals surface area contributed by atoms with Gasteiger partial charge in [-0.2, -0.15) is 4.98 Å². The fourth-order valence-electron chi connectivity index (χ4n) is 3.50. The summed E-state index contributed by atoms with van der Waals surface area (Å²) in [5.41, 5.74) is 2.90. The molecule has 9 heteroatoms. The number of carbonyl (C=O) groups excluding carboxylic acids is 1. The molecule has 160 valence electrons. The van der Waals surface area contributed by atoms with Gasteiger partial charge in [-0.05, 0) is 24.6 Å². The predicted octanol–water partition coefficient (Wildman–Crippen LogP) is 4.69. The molecule has 2 aromatic carbocycles. The molecule has 1 aromatic heterocycles. The first kappa shape index (κ1) is 21.3. The van der Waals surface area contributed by atoms with E-state index < -0.39 is 12.0 Å². The number of hydrogen-bond acceptors (Lipinski definition) is 7. The number of carbonyl (C=O) groups is 1. The van der Waals surface area contributed by atoms with Crippen molar-refractivity contribution >= 4 is 35.3 Å². The summed E-state index contributed by atoms with van der Waals surface area (Å²) in [7, 11) is 2.96. The first-order chi connectivity index (χ1) is 15.0. The summed E-state index contributed by atoms with van der Waals surface area (Å²) >= 11 is 7.75. The van der Waals surface area contributed by atoms with Crippen LogP contribution in [0.25, 0.3) is 0 Å². The lowest BCUT2D eigenvalue weighted by Gasteiger charge is -2.28. The van der Waals surface area contributed by atoms with E-state index in [0.717, 1.165) is 11.1 Å². The van der Waals surface area contributed by atoms with E-state index in [4.69, 9.17) is 26.2 Å². The summed E-state index contributed by atoms with van der Waals surface area (Å²) in [6.07, 6.45) is 0. The summed E-state index contributed by atoms with van der Waals surface area (Å²) in [5.74, 6) is 1.38. The third-order valence-corrected chi connectivity index (χ3v) is 6.24. The van der Waals surface area contributed by atoms with E-state index in [2.05, 4.69) is 10.3 Å². The number of methoxy groups -OCH3 is 2. The summed E-state index contributed by atoms with van der Waals surface area (Å²) < 4.78 is 12.3. The molecule has 31 heavy (non-hydrogen) atoms. The van der Waals surface area contributed by atoms with Gasteiger partial charge in [0.05, 0.1) is 19.8 Å². The number of nitrogens with zero attached hydrogens (tertiary/aromatic N) is 3. The fraction of sp³-hybridized carbons (Fsp3) is 0.227. The number of aromatic nitrogens is 3. The Morgan fingerprint density at radius 2 is 1.94 bits per heavy atom. The van der Waals surface area contributed by atoms with Gasteiger partial charge in [0, 0.05) is 22.0 Å². The van der Waals surface area contributed by atoms with Crippen molar-refractivity contribution < 1.29 is 14.3 Å². The van der Waals surface area contributed by atoms with Crippen molar-refractivity contribution in [3.05, 3.63) is 76.0 Å². The lowest BCUT2D eigenvalue weighted by Crippen LogP contribution is -2.29. The first-order valence-electron chi connectivity index (χ1n) is 9.55. The van der Waals surface area contributed by atoms with Gasteiger partial charge < -0.3 is 14.8 Å². The summed E-state index contributed by atoms with van der Waals surface area (Å²) in [6.45, 7) is 1.82. The zero-order valence-corrected chi connectivity index (χ0v) is 18.8. The number of esters is 1. The molecule has 0 fully saturated rings. The monoisotopic (exact) mass is 456 g/mol. The summed E-state index contributed by atoms with van der Waals surface area (Å²) in [6, 6.07) is 14.7. The molecular weight excluding hydrogens is 436 g/mol. The van der Waals surface area contributed by atoms with E-state index in [1.807, 2.05) is 55.5 Å². The Labute approximate surface area is 189 Å². The maximum atomic E-state index is 12.7. The molecule has 1 unspecified atom stereocenters. The number of thioether (sulfide) groups is 1. The highest BCUT2D eigenvalue weighted by molar-refractivity contribution is 7.98. The van der Waals surface area contributed by atoms with Crippen LogP contribution in [0, 0.1) is 0 Å². The number of ether oxygens (including phenoxy) is 2. The van der Waals surface area contributed by atoms with Gasteiger partial charge in [0.2, 0.25) is 11.1 Å². The van der Waals surface area contributed by atoms with Gasteiger partial charge in [-0.15, -0.1) is 5.10 Å². The molecule has 1 N–H and O–H groups in total. The Kier molecular flexibility index (Phi) is 6.20. The Balaban J connectivity index is 1.74. The number of rotatable bonds is 6. The molecule has 7 nitrogen and oxygen atoms in total. The van der Waals surface area contributed by atoms with Crippen LogP contribution in [0.3, 0.4) is 0 Å². The van der Waals surface area contributed by atoms with Crippen LogP contribution in [-0.4, -0.2) is 35.0 Å². The largest absolute Gasteiger partial charge is 0.496 e. The molecule has 0 radical (unpaired) electrons. The van der Waals surface area contributed by atoms with Crippen LogP contribution in [0.15, 0.2) is 65.0 Å². The van der Waals surface area contributed by atoms with Gasteiger partial charge in [-0.3, -0.25) is 0 Å². The fourth-order valence-corrected chi connectivity index (χ4v) is 4.62. The van der Waals surface area contributed by atoms with Crippen molar-refractivity contribution in [1.29, 1.82) is 0 Å². The van der Waals surface area contributed by atoms with Crippen LogP contribution in [0.5, 0.6) is 5.75 Å². The third-order valence-electron chi connectivity index (χ3n) is 4.99. The van der Waals surface area contributed by atoms with Crippen molar-refractivity contribution in [2.45, 2.75) is 23.9 Å². The SMILES string of the molecule is COC(=O)C1=C(C)Nc2nc(SCc3ccccc3Cl)nn2C1c1ccccc1OC. The molecule has 0 aliphatic carbocycles. The van der Waals surface area contributed by atoms with Crippen LogP contribution in [0.2, 0.25) is 5.02 Å². The maximum Gasteiger partial charge on any atom is 0.338 e. The highest BCUT2D eigenvalue weighted by atomic mass is 35.5. The second-order valence-electron chi connectivity index (χ2n) is 6.84. The zero-order chi connectivity index (χ0) is 22.0. The van der Waals surface area contributed by atoms with Crippen LogP contribution in [-0.2, 0) is 15.3 Å². The van der Waals surface area contributed by atoms with E-state index in [-0.39, 0.29) is 0 Å². The number of halogens is 1. The summed E-state index contributed by atoms with van der Waals surface area (Å²) in [4.78, 5) is 17.3. The van der Waals surface area contributed by atoms with E-state index in [1.165, 1.54) is 18.9 Å². The molecule has 1 aliphatic rings. The lowest BCUT2D eigenvalue weighted by molar-refractivity contribution is -0.136. The highest BCUT2D eigenvalue weighted by Gasteiger charge is 2.36. The van der Waals surface area contributed by atoms with Crippen molar-refractivity contribution in [3.63, 3.8) is 0 Å². The number of hydrogen-bond donors (Lipinski definition) is 1. The number of fused-ring (bicyclic) bond motifs is 1. The molecule has 1 atom stereocenters. The average Bonchev–Trinajstić information content (AvgIpc) is 3.19. The minimum Gasteiger partial charge on any atom is -0.496 e. The van der Waals surface area contributed by atoms with Crippen molar-refractivity contribution in [3.8, 4) is 5.75 Å². The lowest BCUT2D eigenvalue weighted by atomic mass is 9.95. The Morgan fingerprint density at radius 3 is 2.68 bits per heavy atom. The molecule has 3 aromatic rings. The number of nitrogens with one attached hydrogen (secondary N) is 1. The Morgan fingerprint density at radius 1 is 1.19 bits per heavy atom. The number of allylic oxidation sites excluding steroid dienone is 1. The quantitative estimate of drug-likeness (QED) is 0.425. The topological polar surface area (TPSA) is 78.3 Å². The van der Waals surface area contributed by atoms with Gasteiger partial charge in [0.15, 0.2) is 0 Å². The second-order valence-corrected chi connectivity index (χ2v) is 8.19. The van der Waals surface area contributed by atoms with Gasteiger partial charge in [-0.25, -0.2) is 9.48 Å².